The Hall–Kier alpha value is -0.0800. The minimum absolute atomic E-state index is 0.666. The van der Waals surface area contributed by atoms with Gasteiger partial charge in [-0.05, 0) is 31.7 Å². The van der Waals surface area contributed by atoms with E-state index in [1.54, 1.807) is 0 Å². The number of hydrogen-bond donors (Lipinski definition) is 1. The molecule has 1 rings (SSSR count). The van der Waals surface area contributed by atoms with Crippen molar-refractivity contribution in [2.75, 3.05) is 19.8 Å². The van der Waals surface area contributed by atoms with Crippen molar-refractivity contribution >= 4 is 0 Å². The van der Waals surface area contributed by atoms with E-state index in [9.17, 15) is 0 Å². The van der Waals surface area contributed by atoms with E-state index < -0.39 is 0 Å². The molecule has 0 unspecified atom stereocenters. The molecule has 0 aliphatic heterocycles. The quantitative estimate of drug-likeness (QED) is 0.614. The van der Waals surface area contributed by atoms with Crippen LogP contribution in [0.4, 0.5) is 0 Å². The minimum atomic E-state index is 0.666. The fraction of sp³-hybridized carbons (Fsp3) is 1.00. The van der Waals surface area contributed by atoms with Crippen LogP contribution in [0.15, 0.2) is 0 Å². The summed E-state index contributed by atoms with van der Waals surface area (Å²) in [6.07, 6.45) is 5.34. The maximum atomic E-state index is 5.49. The number of nitrogens with one attached hydrogen (secondary N) is 1. The fourth-order valence-electron chi connectivity index (χ4n) is 1.41. The lowest BCUT2D eigenvalue weighted by atomic mass is 9.93. The Morgan fingerprint density at radius 2 is 2.15 bits per heavy atom. The molecule has 0 spiro atoms. The van der Waals surface area contributed by atoms with Crippen molar-refractivity contribution in [1.29, 1.82) is 0 Å². The summed E-state index contributed by atoms with van der Waals surface area (Å²) in [6, 6.07) is 0.824. The monoisotopic (exact) mass is 185 g/mol. The lowest BCUT2D eigenvalue weighted by Crippen LogP contribution is -2.35. The zero-order chi connectivity index (χ0) is 9.52. The number of ether oxygens (including phenoxy) is 1. The molecule has 0 aromatic heterocycles. The van der Waals surface area contributed by atoms with E-state index in [0.29, 0.717) is 5.92 Å². The fourth-order valence-corrected chi connectivity index (χ4v) is 1.41. The van der Waals surface area contributed by atoms with Gasteiger partial charge in [0.25, 0.3) is 0 Å². The molecule has 0 heterocycles. The van der Waals surface area contributed by atoms with Gasteiger partial charge in [0, 0.05) is 19.3 Å². The third-order valence-electron chi connectivity index (χ3n) is 2.45. The summed E-state index contributed by atoms with van der Waals surface area (Å²) < 4.78 is 5.49. The summed E-state index contributed by atoms with van der Waals surface area (Å²) in [4.78, 5) is 0. The molecule has 13 heavy (non-hydrogen) atoms. The van der Waals surface area contributed by atoms with Gasteiger partial charge < -0.3 is 10.1 Å². The molecule has 1 saturated carbocycles. The van der Waals surface area contributed by atoms with Gasteiger partial charge in [-0.1, -0.05) is 20.3 Å². The molecule has 0 atom stereocenters. The van der Waals surface area contributed by atoms with Crippen LogP contribution in [-0.2, 0) is 4.74 Å². The average molecular weight is 185 g/mol. The van der Waals surface area contributed by atoms with Gasteiger partial charge >= 0.3 is 0 Å². The van der Waals surface area contributed by atoms with Gasteiger partial charge in [0.15, 0.2) is 0 Å². The summed E-state index contributed by atoms with van der Waals surface area (Å²) in [5, 5.41) is 3.53. The van der Waals surface area contributed by atoms with Crippen LogP contribution in [0.1, 0.15) is 39.5 Å². The van der Waals surface area contributed by atoms with Crippen LogP contribution in [-0.4, -0.2) is 25.8 Å². The zero-order valence-electron chi connectivity index (χ0n) is 9.01. The first kappa shape index (κ1) is 11.0. The van der Waals surface area contributed by atoms with Crippen molar-refractivity contribution in [2.24, 2.45) is 5.92 Å². The van der Waals surface area contributed by atoms with Crippen LogP contribution in [0, 0.1) is 5.92 Å². The average Bonchev–Trinajstić information content (AvgIpc) is 1.99. The van der Waals surface area contributed by atoms with Crippen LogP contribution in [0.25, 0.3) is 0 Å². The third-order valence-corrected chi connectivity index (χ3v) is 2.45. The van der Waals surface area contributed by atoms with Crippen LogP contribution in [0.3, 0.4) is 0 Å². The molecule has 0 bridgehead atoms. The highest BCUT2D eigenvalue weighted by Gasteiger charge is 2.15. The molecule has 1 N–H and O–H groups in total. The molecule has 0 saturated heterocycles. The lowest BCUT2D eigenvalue weighted by Gasteiger charge is -2.26. The zero-order valence-corrected chi connectivity index (χ0v) is 9.01. The normalized spacial score (nSPS) is 17.8. The van der Waals surface area contributed by atoms with E-state index in [1.165, 1.54) is 19.3 Å². The molecule has 2 heteroatoms. The molecule has 0 aromatic rings. The predicted octanol–water partition coefficient (Wildman–Crippen LogP) is 2.19. The van der Waals surface area contributed by atoms with E-state index in [2.05, 4.69) is 19.2 Å². The standard InChI is InChI=1S/C11H23NO/c1-10(2)9-13-8-4-7-12-11-5-3-6-11/h10-12H,3-9H2,1-2H3. The van der Waals surface area contributed by atoms with Crippen molar-refractivity contribution in [3.05, 3.63) is 0 Å². The van der Waals surface area contributed by atoms with Crippen molar-refractivity contribution in [3.8, 4) is 0 Å². The van der Waals surface area contributed by atoms with Crippen LogP contribution >= 0.6 is 0 Å². The maximum absolute atomic E-state index is 5.49. The summed E-state index contributed by atoms with van der Waals surface area (Å²) in [6.45, 7) is 7.32. The van der Waals surface area contributed by atoms with E-state index >= 15 is 0 Å². The van der Waals surface area contributed by atoms with Gasteiger partial charge in [0.05, 0.1) is 0 Å². The molecule has 2 nitrogen and oxygen atoms in total. The van der Waals surface area contributed by atoms with Gasteiger partial charge in [-0.3, -0.25) is 0 Å². The predicted molar refractivity (Wildman–Crippen MR) is 55.9 cm³/mol. The van der Waals surface area contributed by atoms with E-state index in [4.69, 9.17) is 4.74 Å². The summed E-state index contributed by atoms with van der Waals surface area (Å²) in [5.74, 6) is 0.666. The van der Waals surface area contributed by atoms with E-state index in [1.807, 2.05) is 0 Å². The Morgan fingerprint density at radius 1 is 1.38 bits per heavy atom. The van der Waals surface area contributed by atoms with Crippen LogP contribution in [0.2, 0.25) is 0 Å². The van der Waals surface area contributed by atoms with Gasteiger partial charge in [-0.2, -0.15) is 0 Å². The highest BCUT2D eigenvalue weighted by Crippen LogP contribution is 2.17. The molecule has 0 amide bonds. The topological polar surface area (TPSA) is 21.3 Å². The van der Waals surface area contributed by atoms with Crippen molar-refractivity contribution in [2.45, 2.75) is 45.6 Å². The van der Waals surface area contributed by atoms with E-state index in [0.717, 1.165) is 32.2 Å². The first-order valence-corrected chi connectivity index (χ1v) is 5.60. The summed E-state index contributed by atoms with van der Waals surface area (Å²) in [5.41, 5.74) is 0. The lowest BCUT2D eigenvalue weighted by molar-refractivity contribution is 0.106. The number of hydrogen-bond acceptors (Lipinski definition) is 2. The Bertz CT molecular complexity index is 121. The highest BCUT2D eigenvalue weighted by atomic mass is 16.5. The number of rotatable bonds is 7. The first-order valence-electron chi connectivity index (χ1n) is 5.60. The maximum Gasteiger partial charge on any atom is 0.0489 e. The Balaban J connectivity index is 1.73. The summed E-state index contributed by atoms with van der Waals surface area (Å²) in [7, 11) is 0. The molecular weight excluding hydrogens is 162 g/mol. The second kappa shape index (κ2) is 6.39. The van der Waals surface area contributed by atoms with Gasteiger partial charge in [0.1, 0.15) is 0 Å². The third kappa shape index (κ3) is 5.27. The van der Waals surface area contributed by atoms with Crippen LogP contribution < -0.4 is 5.32 Å². The van der Waals surface area contributed by atoms with E-state index in [-0.39, 0.29) is 0 Å². The van der Waals surface area contributed by atoms with Crippen molar-refractivity contribution in [1.82, 2.24) is 5.32 Å². The SMILES string of the molecule is CC(C)COCCCNC1CCC1. The smallest absolute Gasteiger partial charge is 0.0489 e. The molecule has 1 aliphatic rings. The summed E-state index contributed by atoms with van der Waals surface area (Å²) >= 11 is 0. The second-order valence-corrected chi connectivity index (χ2v) is 4.40. The first-order chi connectivity index (χ1) is 6.29. The molecule has 0 aromatic carbocycles. The van der Waals surface area contributed by atoms with Gasteiger partial charge in [0.2, 0.25) is 0 Å². The highest BCUT2D eigenvalue weighted by molar-refractivity contribution is 4.75. The molecule has 0 radical (unpaired) electrons. The molecule has 1 fully saturated rings. The van der Waals surface area contributed by atoms with Crippen molar-refractivity contribution < 1.29 is 4.74 Å². The molecule has 1 aliphatic carbocycles. The molecule has 78 valence electrons. The van der Waals surface area contributed by atoms with Gasteiger partial charge in [-0.15, -0.1) is 0 Å². The Labute approximate surface area is 82.0 Å². The minimum Gasteiger partial charge on any atom is -0.381 e. The van der Waals surface area contributed by atoms with Crippen molar-refractivity contribution in [3.63, 3.8) is 0 Å². The second-order valence-electron chi connectivity index (χ2n) is 4.40. The largest absolute Gasteiger partial charge is 0.381 e. The molecular formula is C11H23NO. The Kier molecular flexibility index (Phi) is 5.40. The van der Waals surface area contributed by atoms with Gasteiger partial charge in [-0.25, -0.2) is 0 Å². The Morgan fingerprint density at radius 3 is 2.69 bits per heavy atom. The van der Waals surface area contributed by atoms with Crippen LogP contribution in [0.5, 0.6) is 0 Å².